The van der Waals surface area contributed by atoms with Gasteiger partial charge < -0.3 is 14.1 Å². The van der Waals surface area contributed by atoms with Gasteiger partial charge in [-0.25, -0.2) is 4.57 Å². The van der Waals surface area contributed by atoms with Gasteiger partial charge in [0.25, 0.3) is 6.47 Å². The maximum absolute atomic E-state index is 11.8. The van der Waals surface area contributed by atoms with E-state index in [4.69, 9.17) is 13.8 Å². The molecule has 0 saturated heterocycles. The number of likely N-dealkylation sites (N-methyl/N-ethyl adjacent to an activating group) is 1. The molecular weight excluding hydrogens is 501 g/mol. The van der Waals surface area contributed by atoms with Crippen LogP contribution in [0.25, 0.3) is 0 Å². The van der Waals surface area contributed by atoms with Crippen molar-refractivity contribution in [2.45, 2.75) is 109 Å². The zero-order valence-electron chi connectivity index (χ0n) is 24.4. The van der Waals surface area contributed by atoms with Gasteiger partial charge in [0.15, 0.2) is 0 Å². The van der Waals surface area contributed by atoms with Crippen LogP contribution in [0.1, 0.15) is 108 Å². The van der Waals surface area contributed by atoms with Gasteiger partial charge in [-0.05, 0) is 37.0 Å². The molecule has 0 aromatic heterocycles. The van der Waals surface area contributed by atoms with Crippen LogP contribution in [0.4, 0.5) is 0 Å². The normalized spacial score (nSPS) is 13.4. The molecule has 0 fully saturated rings. The van der Waals surface area contributed by atoms with Crippen LogP contribution in [-0.4, -0.2) is 56.8 Å². The summed E-state index contributed by atoms with van der Waals surface area (Å²) in [5, 5.41) is 0. The molecule has 0 spiro atoms. The van der Waals surface area contributed by atoms with Crippen molar-refractivity contribution in [1.82, 2.24) is 0 Å². The molecule has 0 amide bonds. The molecule has 0 aliphatic carbocycles. The van der Waals surface area contributed by atoms with Crippen LogP contribution in [0.5, 0.6) is 5.75 Å². The van der Waals surface area contributed by atoms with Crippen molar-refractivity contribution in [2.75, 3.05) is 40.9 Å². The number of carbonyl (C=O) groups is 1. The summed E-state index contributed by atoms with van der Waals surface area (Å²) in [6, 6.07) is 7.80. The van der Waals surface area contributed by atoms with Crippen LogP contribution >= 0.6 is 7.82 Å². The Morgan fingerprint density at radius 3 is 1.55 bits per heavy atom. The average molecular weight is 557 g/mol. The van der Waals surface area contributed by atoms with Gasteiger partial charge in [-0.1, -0.05) is 102 Å². The Balaban J connectivity index is 1.78. The van der Waals surface area contributed by atoms with E-state index in [2.05, 4.69) is 0 Å². The van der Waals surface area contributed by atoms with E-state index in [-0.39, 0.29) is 13.2 Å². The lowest BCUT2D eigenvalue weighted by Gasteiger charge is -2.24. The number of quaternary nitrogens is 1. The Kier molecular flexibility index (Phi) is 19.7. The van der Waals surface area contributed by atoms with Crippen molar-refractivity contribution in [3.63, 3.8) is 0 Å². The molecular formula is C30H55NO6P+. The van der Waals surface area contributed by atoms with Gasteiger partial charge in [0.2, 0.25) is 0 Å². The maximum atomic E-state index is 11.8. The molecule has 1 aromatic carbocycles. The topological polar surface area (TPSA) is 82.1 Å². The van der Waals surface area contributed by atoms with Gasteiger partial charge in [-0.3, -0.25) is 13.8 Å². The van der Waals surface area contributed by atoms with Crippen LogP contribution < -0.4 is 4.74 Å². The SMILES string of the molecule is C[N+](C)(C)CCOP(=O)(O)OCCCCCCCCCCCCCCCCCCc1ccc(OC=O)cc1. The number of unbranched alkanes of at least 4 members (excludes halogenated alkanes) is 15. The third-order valence-electron chi connectivity index (χ3n) is 6.74. The highest BCUT2D eigenvalue weighted by Gasteiger charge is 2.21. The fraction of sp³-hybridized carbons (Fsp3) is 0.767. The predicted octanol–water partition coefficient (Wildman–Crippen LogP) is 7.85. The van der Waals surface area contributed by atoms with Crippen LogP contribution in [0, 0.1) is 0 Å². The number of hydrogen-bond donors (Lipinski definition) is 1. The van der Waals surface area contributed by atoms with Gasteiger partial charge in [-0.2, -0.15) is 0 Å². The number of phosphoric ester groups is 1. The van der Waals surface area contributed by atoms with E-state index in [0.29, 0.717) is 23.2 Å². The van der Waals surface area contributed by atoms with Crippen molar-refractivity contribution in [2.24, 2.45) is 0 Å². The minimum absolute atomic E-state index is 0.220. The molecule has 0 radical (unpaired) electrons. The molecule has 220 valence electrons. The number of aryl methyl sites for hydroxylation is 1. The number of nitrogens with zero attached hydrogens (tertiary/aromatic N) is 1. The minimum Gasteiger partial charge on any atom is -0.429 e. The summed E-state index contributed by atoms with van der Waals surface area (Å²) in [4.78, 5) is 20.0. The molecule has 7 nitrogen and oxygen atoms in total. The van der Waals surface area contributed by atoms with E-state index in [0.717, 1.165) is 25.7 Å². The van der Waals surface area contributed by atoms with Crippen molar-refractivity contribution in [1.29, 1.82) is 0 Å². The highest BCUT2D eigenvalue weighted by Crippen LogP contribution is 2.43. The van der Waals surface area contributed by atoms with Crippen molar-refractivity contribution < 1.29 is 32.5 Å². The van der Waals surface area contributed by atoms with E-state index in [1.165, 1.54) is 89.0 Å². The lowest BCUT2D eigenvalue weighted by molar-refractivity contribution is -0.870. The van der Waals surface area contributed by atoms with E-state index < -0.39 is 7.82 Å². The Hall–Kier alpha value is -1.24. The number of rotatable bonds is 26. The number of phosphoric acid groups is 1. The van der Waals surface area contributed by atoms with Gasteiger partial charge in [0, 0.05) is 0 Å². The minimum atomic E-state index is -3.90. The smallest absolute Gasteiger partial charge is 0.429 e. The summed E-state index contributed by atoms with van der Waals surface area (Å²) in [6.45, 7) is 1.63. The fourth-order valence-corrected chi connectivity index (χ4v) is 5.09. The number of hydrogen-bond acceptors (Lipinski definition) is 5. The summed E-state index contributed by atoms with van der Waals surface area (Å²) in [5.41, 5.74) is 1.31. The molecule has 0 heterocycles. The first-order chi connectivity index (χ1) is 18.2. The number of benzene rings is 1. The van der Waals surface area contributed by atoms with Gasteiger partial charge in [0.1, 0.15) is 18.9 Å². The quantitative estimate of drug-likeness (QED) is 0.0542. The van der Waals surface area contributed by atoms with Crippen molar-refractivity contribution >= 4 is 14.3 Å². The van der Waals surface area contributed by atoms with Gasteiger partial charge in [-0.15, -0.1) is 0 Å². The highest BCUT2D eigenvalue weighted by molar-refractivity contribution is 7.47. The summed E-state index contributed by atoms with van der Waals surface area (Å²) in [5.74, 6) is 0.606. The largest absolute Gasteiger partial charge is 0.472 e. The third-order valence-corrected chi connectivity index (χ3v) is 7.76. The Bertz CT molecular complexity index is 750. The lowest BCUT2D eigenvalue weighted by atomic mass is 10.0. The lowest BCUT2D eigenvalue weighted by Crippen LogP contribution is -2.37. The molecule has 1 N–H and O–H groups in total. The summed E-state index contributed by atoms with van der Waals surface area (Å²) in [7, 11) is 2.13. The van der Waals surface area contributed by atoms with Crippen LogP contribution in [0.3, 0.4) is 0 Å². The Morgan fingerprint density at radius 1 is 0.684 bits per heavy atom. The zero-order valence-corrected chi connectivity index (χ0v) is 25.3. The van der Waals surface area contributed by atoms with Gasteiger partial charge >= 0.3 is 7.82 Å². The molecule has 1 atom stereocenters. The van der Waals surface area contributed by atoms with E-state index >= 15 is 0 Å². The van der Waals surface area contributed by atoms with Crippen LogP contribution in [-0.2, 0) is 24.8 Å². The zero-order chi connectivity index (χ0) is 28.0. The predicted molar refractivity (Wildman–Crippen MR) is 155 cm³/mol. The molecule has 0 saturated carbocycles. The van der Waals surface area contributed by atoms with Crippen LogP contribution in [0.15, 0.2) is 24.3 Å². The maximum Gasteiger partial charge on any atom is 0.472 e. The van der Waals surface area contributed by atoms with E-state index in [1.807, 2.05) is 45.4 Å². The second-order valence-electron chi connectivity index (χ2n) is 11.4. The van der Waals surface area contributed by atoms with Crippen molar-refractivity contribution in [3.8, 4) is 5.75 Å². The Morgan fingerprint density at radius 2 is 1.11 bits per heavy atom. The highest BCUT2D eigenvalue weighted by atomic mass is 31.2. The monoisotopic (exact) mass is 556 g/mol. The molecule has 1 rings (SSSR count). The first-order valence-electron chi connectivity index (χ1n) is 14.8. The summed E-state index contributed by atoms with van der Waals surface area (Å²) >= 11 is 0. The fourth-order valence-electron chi connectivity index (χ4n) is 4.34. The molecule has 38 heavy (non-hydrogen) atoms. The second-order valence-corrected chi connectivity index (χ2v) is 12.9. The standard InChI is InChI=1S/C30H54NO6P/c1-31(2,3)25-27-37-38(33,34)36-26-19-17-15-13-11-9-7-5-4-6-8-10-12-14-16-18-20-29-21-23-30(24-22-29)35-28-32/h21-24,28H,4-20,25-27H2,1-3H3/p+1. The third kappa shape index (κ3) is 21.7. The molecule has 0 aliphatic heterocycles. The number of carbonyl (C=O) groups excluding carboxylic acids is 1. The average Bonchev–Trinajstić information content (AvgIpc) is 2.85. The molecule has 1 aromatic rings. The Labute approximate surface area is 232 Å². The molecule has 8 heteroatoms. The second kappa shape index (κ2) is 21.6. The number of ether oxygens (including phenoxy) is 1. The first kappa shape index (κ1) is 34.8. The van der Waals surface area contributed by atoms with Crippen LogP contribution in [0.2, 0.25) is 0 Å². The van der Waals surface area contributed by atoms with E-state index in [9.17, 15) is 14.3 Å². The molecule has 0 aliphatic rings. The summed E-state index contributed by atoms with van der Waals surface area (Å²) < 4.78 is 27.4. The molecule has 1 unspecified atom stereocenters. The van der Waals surface area contributed by atoms with E-state index in [1.54, 1.807) is 0 Å². The van der Waals surface area contributed by atoms with Gasteiger partial charge in [0.05, 0.1) is 27.7 Å². The molecule has 0 bridgehead atoms. The summed E-state index contributed by atoms with van der Waals surface area (Å²) in [6.07, 6.45) is 21.2. The first-order valence-corrected chi connectivity index (χ1v) is 16.3. The van der Waals surface area contributed by atoms with Crippen molar-refractivity contribution in [3.05, 3.63) is 29.8 Å².